The average Bonchev–Trinajstić information content (AvgIpc) is 2.29. The maximum absolute atomic E-state index is 11.8. The van der Waals surface area contributed by atoms with Crippen LogP contribution in [0.25, 0.3) is 0 Å². The maximum Gasteiger partial charge on any atom is 0.334 e. The van der Waals surface area contributed by atoms with Crippen LogP contribution in [0.2, 0.25) is 0 Å². The van der Waals surface area contributed by atoms with E-state index in [-0.39, 0.29) is 31.1 Å². The Balaban J connectivity index is 4.12. The minimum atomic E-state index is -0.533. The summed E-state index contributed by atoms with van der Waals surface area (Å²) in [6, 6.07) is 0. The van der Waals surface area contributed by atoms with E-state index < -0.39 is 5.41 Å². The predicted octanol–water partition coefficient (Wildman–Crippen LogP) is 3.11. The molecule has 0 aliphatic heterocycles. The van der Waals surface area contributed by atoms with Gasteiger partial charge in [0.25, 0.3) is 0 Å². The molecule has 0 bridgehead atoms. The van der Waals surface area contributed by atoms with Gasteiger partial charge in [-0.05, 0) is 33.1 Å². The van der Waals surface area contributed by atoms with E-state index in [4.69, 9.17) is 9.47 Å². The van der Waals surface area contributed by atoms with Crippen LogP contribution in [0.15, 0.2) is 11.6 Å². The SMILES string of the molecule is CCC=C(C(=O)OCCOC(=O)C(C)(C)C)C(C)C. The summed E-state index contributed by atoms with van der Waals surface area (Å²) in [6.45, 7) is 11.4. The first-order valence-corrected chi connectivity index (χ1v) is 6.74. The van der Waals surface area contributed by atoms with Gasteiger partial charge in [-0.15, -0.1) is 0 Å². The van der Waals surface area contributed by atoms with Crippen LogP contribution < -0.4 is 0 Å². The monoisotopic (exact) mass is 270 g/mol. The number of esters is 2. The summed E-state index contributed by atoms with van der Waals surface area (Å²) in [5.41, 5.74) is 0.138. The standard InChI is InChI=1S/C15H26O4/c1-7-8-12(11(2)3)13(16)18-9-10-19-14(17)15(4,5)6/h8,11H,7,9-10H2,1-6H3. The fourth-order valence-electron chi connectivity index (χ4n) is 1.34. The Hall–Kier alpha value is -1.32. The Morgan fingerprint density at radius 1 is 1.11 bits per heavy atom. The first-order valence-electron chi connectivity index (χ1n) is 6.74. The van der Waals surface area contributed by atoms with Crippen molar-refractivity contribution in [2.75, 3.05) is 13.2 Å². The second-order valence-electron chi connectivity index (χ2n) is 5.74. The van der Waals surface area contributed by atoms with Crippen molar-refractivity contribution in [3.8, 4) is 0 Å². The molecule has 0 saturated heterocycles. The largest absolute Gasteiger partial charge is 0.462 e. The second-order valence-corrected chi connectivity index (χ2v) is 5.74. The van der Waals surface area contributed by atoms with Gasteiger partial charge < -0.3 is 9.47 Å². The van der Waals surface area contributed by atoms with Crippen LogP contribution in [0.5, 0.6) is 0 Å². The number of ether oxygens (including phenoxy) is 2. The third kappa shape index (κ3) is 6.99. The highest BCUT2D eigenvalue weighted by molar-refractivity contribution is 5.88. The molecular formula is C15H26O4. The molecule has 19 heavy (non-hydrogen) atoms. The van der Waals surface area contributed by atoms with Gasteiger partial charge in [0, 0.05) is 5.57 Å². The van der Waals surface area contributed by atoms with Crippen molar-refractivity contribution in [1.82, 2.24) is 0 Å². The number of carbonyl (C=O) groups excluding carboxylic acids is 2. The molecule has 0 N–H and O–H groups in total. The molecule has 0 aliphatic rings. The Morgan fingerprint density at radius 2 is 1.63 bits per heavy atom. The zero-order valence-corrected chi connectivity index (χ0v) is 12.9. The normalized spacial score (nSPS) is 12.5. The molecule has 0 amide bonds. The van der Waals surface area contributed by atoms with Crippen molar-refractivity contribution in [3.63, 3.8) is 0 Å². The molecule has 0 radical (unpaired) electrons. The fraction of sp³-hybridized carbons (Fsp3) is 0.733. The van der Waals surface area contributed by atoms with E-state index in [0.29, 0.717) is 5.57 Å². The minimum absolute atomic E-state index is 0.0917. The van der Waals surface area contributed by atoms with Crippen LogP contribution in [-0.4, -0.2) is 25.2 Å². The van der Waals surface area contributed by atoms with Crippen molar-refractivity contribution in [2.24, 2.45) is 11.3 Å². The number of rotatable bonds is 6. The fourth-order valence-corrected chi connectivity index (χ4v) is 1.34. The highest BCUT2D eigenvalue weighted by Gasteiger charge is 2.23. The molecule has 110 valence electrons. The zero-order chi connectivity index (χ0) is 15.1. The Morgan fingerprint density at radius 3 is 2.05 bits per heavy atom. The van der Waals surface area contributed by atoms with Crippen LogP contribution in [0.1, 0.15) is 48.0 Å². The highest BCUT2D eigenvalue weighted by atomic mass is 16.6. The van der Waals surface area contributed by atoms with Crippen molar-refractivity contribution >= 4 is 11.9 Å². The summed E-state index contributed by atoms with van der Waals surface area (Å²) in [6.07, 6.45) is 2.66. The molecular weight excluding hydrogens is 244 g/mol. The van der Waals surface area contributed by atoms with E-state index in [1.807, 2.05) is 26.8 Å². The molecule has 0 fully saturated rings. The van der Waals surface area contributed by atoms with E-state index in [0.717, 1.165) is 6.42 Å². The summed E-state index contributed by atoms with van der Waals surface area (Å²) in [5, 5.41) is 0. The molecule has 0 saturated carbocycles. The first kappa shape index (κ1) is 17.7. The van der Waals surface area contributed by atoms with Crippen LogP contribution in [0.4, 0.5) is 0 Å². The molecule has 0 aromatic carbocycles. The highest BCUT2D eigenvalue weighted by Crippen LogP contribution is 2.15. The van der Waals surface area contributed by atoms with Gasteiger partial charge in [0.15, 0.2) is 0 Å². The van der Waals surface area contributed by atoms with Gasteiger partial charge in [-0.1, -0.05) is 26.8 Å². The van der Waals surface area contributed by atoms with Gasteiger partial charge in [0.05, 0.1) is 5.41 Å². The topological polar surface area (TPSA) is 52.6 Å². The molecule has 0 aliphatic carbocycles. The zero-order valence-electron chi connectivity index (χ0n) is 12.9. The summed E-state index contributed by atoms with van der Waals surface area (Å²) in [7, 11) is 0. The molecule has 0 rings (SSSR count). The molecule has 0 aromatic heterocycles. The van der Waals surface area contributed by atoms with Gasteiger partial charge in [0.1, 0.15) is 13.2 Å². The van der Waals surface area contributed by atoms with Crippen LogP contribution in [-0.2, 0) is 19.1 Å². The average molecular weight is 270 g/mol. The van der Waals surface area contributed by atoms with Gasteiger partial charge in [0.2, 0.25) is 0 Å². The number of hydrogen-bond donors (Lipinski definition) is 0. The van der Waals surface area contributed by atoms with E-state index in [1.54, 1.807) is 20.8 Å². The van der Waals surface area contributed by atoms with E-state index >= 15 is 0 Å². The summed E-state index contributed by atoms with van der Waals surface area (Å²) < 4.78 is 10.1. The number of allylic oxidation sites excluding steroid dienone is 1. The van der Waals surface area contributed by atoms with Gasteiger partial charge in [-0.2, -0.15) is 0 Å². The Labute approximate surface area is 116 Å². The van der Waals surface area contributed by atoms with Crippen LogP contribution in [0, 0.1) is 11.3 Å². The summed E-state index contributed by atoms with van der Waals surface area (Å²) >= 11 is 0. The smallest absolute Gasteiger partial charge is 0.334 e. The lowest BCUT2D eigenvalue weighted by molar-refractivity contribution is -0.157. The van der Waals surface area contributed by atoms with Gasteiger partial charge in [-0.3, -0.25) is 4.79 Å². The van der Waals surface area contributed by atoms with Gasteiger partial charge in [-0.25, -0.2) is 4.79 Å². The van der Waals surface area contributed by atoms with Crippen molar-refractivity contribution < 1.29 is 19.1 Å². The number of hydrogen-bond acceptors (Lipinski definition) is 4. The number of carbonyl (C=O) groups is 2. The second kappa shape index (κ2) is 7.97. The Bertz CT molecular complexity index is 335. The third-order valence-corrected chi connectivity index (χ3v) is 2.44. The lowest BCUT2D eigenvalue weighted by Gasteiger charge is -2.16. The van der Waals surface area contributed by atoms with Gasteiger partial charge >= 0.3 is 11.9 Å². The Kier molecular flexibility index (Phi) is 7.42. The summed E-state index contributed by atoms with van der Waals surface area (Å²) in [5.74, 6) is -0.495. The molecule has 0 atom stereocenters. The molecule has 0 heterocycles. The van der Waals surface area contributed by atoms with E-state index in [2.05, 4.69) is 0 Å². The maximum atomic E-state index is 11.8. The molecule has 0 aromatic rings. The quantitative estimate of drug-likeness (QED) is 0.423. The first-order chi connectivity index (χ1) is 8.70. The molecule has 0 spiro atoms. The van der Waals surface area contributed by atoms with E-state index in [9.17, 15) is 9.59 Å². The van der Waals surface area contributed by atoms with Crippen molar-refractivity contribution in [1.29, 1.82) is 0 Å². The lowest BCUT2D eigenvalue weighted by atomic mass is 9.97. The third-order valence-electron chi connectivity index (χ3n) is 2.44. The summed E-state index contributed by atoms with van der Waals surface area (Å²) in [4.78, 5) is 23.3. The predicted molar refractivity (Wildman–Crippen MR) is 74.6 cm³/mol. The van der Waals surface area contributed by atoms with Crippen molar-refractivity contribution in [2.45, 2.75) is 48.0 Å². The van der Waals surface area contributed by atoms with Crippen LogP contribution in [0.3, 0.4) is 0 Å². The van der Waals surface area contributed by atoms with Crippen molar-refractivity contribution in [3.05, 3.63) is 11.6 Å². The lowest BCUT2D eigenvalue weighted by Crippen LogP contribution is -2.25. The minimum Gasteiger partial charge on any atom is -0.462 e. The molecule has 4 heteroatoms. The molecule has 4 nitrogen and oxygen atoms in total. The molecule has 0 unspecified atom stereocenters. The van der Waals surface area contributed by atoms with Crippen LogP contribution >= 0.6 is 0 Å². The van der Waals surface area contributed by atoms with E-state index in [1.165, 1.54) is 0 Å².